The fourth-order valence-corrected chi connectivity index (χ4v) is 1.29. The van der Waals surface area contributed by atoms with E-state index in [0.29, 0.717) is 11.2 Å². The second kappa shape index (κ2) is 3.81. The predicted octanol–water partition coefficient (Wildman–Crippen LogP) is -0.476. The SMILES string of the molecule is Cc1nc2nc(N=C(N)N)nc(N)c2nc1C. The van der Waals surface area contributed by atoms with E-state index in [1.54, 1.807) is 0 Å². The van der Waals surface area contributed by atoms with Gasteiger partial charge in [0.25, 0.3) is 5.95 Å². The minimum absolute atomic E-state index is 0.0764. The molecule has 0 amide bonds. The van der Waals surface area contributed by atoms with E-state index in [1.807, 2.05) is 13.8 Å². The molecule has 0 aromatic carbocycles. The summed E-state index contributed by atoms with van der Waals surface area (Å²) in [7, 11) is 0. The zero-order valence-electron chi connectivity index (χ0n) is 9.47. The Hall–Kier alpha value is -2.51. The Morgan fingerprint density at radius 3 is 2.29 bits per heavy atom. The first-order valence-electron chi connectivity index (χ1n) is 4.85. The minimum Gasteiger partial charge on any atom is -0.382 e. The van der Waals surface area contributed by atoms with Crippen LogP contribution in [0.1, 0.15) is 11.4 Å². The number of anilines is 1. The van der Waals surface area contributed by atoms with Crippen molar-refractivity contribution in [1.29, 1.82) is 0 Å². The molecule has 0 aliphatic carbocycles. The van der Waals surface area contributed by atoms with E-state index < -0.39 is 0 Å². The lowest BCUT2D eigenvalue weighted by Gasteiger charge is -2.04. The molecule has 0 saturated heterocycles. The second-order valence-electron chi connectivity index (χ2n) is 3.51. The van der Waals surface area contributed by atoms with Crippen molar-refractivity contribution in [2.45, 2.75) is 13.8 Å². The number of aromatic nitrogens is 4. The fourth-order valence-electron chi connectivity index (χ4n) is 1.29. The Morgan fingerprint density at radius 1 is 1.00 bits per heavy atom. The third kappa shape index (κ3) is 2.05. The zero-order valence-corrected chi connectivity index (χ0v) is 9.47. The first-order valence-corrected chi connectivity index (χ1v) is 4.85. The molecule has 2 aromatic heterocycles. The van der Waals surface area contributed by atoms with Gasteiger partial charge in [-0.25, -0.2) is 9.97 Å². The molecule has 17 heavy (non-hydrogen) atoms. The molecule has 0 aliphatic heterocycles. The standard InChI is InChI=1S/C9H12N8/c1-3-4(2)14-7-5(13-3)6(10)15-9(16-7)17-8(11)12/h1-2H3,(H6,10,11,12,14,15,16,17). The molecule has 0 fully saturated rings. The van der Waals surface area contributed by atoms with Crippen LogP contribution in [0.3, 0.4) is 0 Å². The Bertz CT molecular complexity index is 614. The van der Waals surface area contributed by atoms with Gasteiger partial charge in [0.2, 0.25) is 0 Å². The molecule has 0 saturated carbocycles. The van der Waals surface area contributed by atoms with E-state index in [9.17, 15) is 0 Å². The molecule has 8 heteroatoms. The third-order valence-corrected chi connectivity index (χ3v) is 2.19. The van der Waals surface area contributed by atoms with E-state index in [1.165, 1.54) is 0 Å². The number of aliphatic imine (C=N–C) groups is 1. The third-order valence-electron chi connectivity index (χ3n) is 2.19. The molecular formula is C9H12N8. The highest BCUT2D eigenvalue weighted by Crippen LogP contribution is 2.18. The van der Waals surface area contributed by atoms with Crippen molar-refractivity contribution in [2.24, 2.45) is 16.5 Å². The topological polar surface area (TPSA) is 142 Å². The van der Waals surface area contributed by atoms with Crippen molar-refractivity contribution in [3.63, 3.8) is 0 Å². The van der Waals surface area contributed by atoms with Crippen LogP contribution in [0.2, 0.25) is 0 Å². The molecule has 0 spiro atoms. The number of guanidine groups is 1. The molecule has 8 nitrogen and oxygen atoms in total. The van der Waals surface area contributed by atoms with Gasteiger partial charge in [0.15, 0.2) is 22.9 Å². The Labute approximate surface area is 97.0 Å². The molecular weight excluding hydrogens is 220 g/mol. The van der Waals surface area contributed by atoms with Crippen molar-refractivity contribution in [1.82, 2.24) is 19.9 Å². The van der Waals surface area contributed by atoms with Gasteiger partial charge in [0.05, 0.1) is 11.4 Å². The lowest BCUT2D eigenvalue weighted by atomic mass is 10.3. The number of fused-ring (bicyclic) bond motifs is 1. The number of hydrogen-bond donors (Lipinski definition) is 3. The summed E-state index contributed by atoms with van der Waals surface area (Å²) in [6.07, 6.45) is 0. The van der Waals surface area contributed by atoms with Gasteiger partial charge in [-0.1, -0.05) is 0 Å². The van der Waals surface area contributed by atoms with Crippen molar-refractivity contribution < 1.29 is 0 Å². The summed E-state index contributed by atoms with van der Waals surface area (Å²) in [6, 6.07) is 0. The van der Waals surface area contributed by atoms with Gasteiger partial charge < -0.3 is 17.2 Å². The largest absolute Gasteiger partial charge is 0.382 e. The van der Waals surface area contributed by atoms with Gasteiger partial charge >= 0.3 is 0 Å². The van der Waals surface area contributed by atoms with Crippen LogP contribution < -0.4 is 17.2 Å². The lowest BCUT2D eigenvalue weighted by molar-refractivity contribution is 1.06. The van der Waals surface area contributed by atoms with Crippen molar-refractivity contribution in [3.8, 4) is 0 Å². The summed E-state index contributed by atoms with van der Waals surface area (Å²) < 4.78 is 0. The van der Waals surface area contributed by atoms with E-state index in [2.05, 4.69) is 24.9 Å². The van der Waals surface area contributed by atoms with E-state index in [4.69, 9.17) is 17.2 Å². The van der Waals surface area contributed by atoms with E-state index in [-0.39, 0.29) is 17.7 Å². The Kier molecular flexibility index (Phi) is 2.47. The van der Waals surface area contributed by atoms with Crippen molar-refractivity contribution in [2.75, 3.05) is 5.73 Å². The van der Waals surface area contributed by atoms with Crippen molar-refractivity contribution >= 4 is 28.9 Å². The average Bonchev–Trinajstić information content (AvgIpc) is 2.20. The average molecular weight is 232 g/mol. The van der Waals surface area contributed by atoms with Crippen LogP contribution in [0.5, 0.6) is 0 Å². The second-order valence-corrected chi connectivity index (χ2v) is 3.51. The molecule has 6 N–H and O–H groups in total. The van der Waals surface area contributed by atoms with Gasteiger partial charge in [-0.2, -0.15) is 15.0 Å². The maximum absolute atomic E-state index is 5.75. The Morgan fingerprint density at radius 2 is 1.65 bits per heavy atom. The summed E-state index contributed by atoms with van der Waals surface area (Å²) in [5.41, 5.74) is 18.6. The summed E-state index contributed by atoms with van der Waals surface area (Å²) in [5, 5.41) is 0. The molecule has 2 heterocycles. The quantitative estimate of drug-likeness (QED) is 0.445. The van der Waals surface area contributed by atoms with Crippen LogP contribution in [0.4, 0.5) is 11.8 Å². The number of nitrogens with zero attached hydrogens (tertiary/aromatic N) is 5. The number of rotatable bonds is 1. The van der Waals surface area contributed by atoms with Gasteiger partial charge in [0, 0.05) is 0 Å². The molecule has 0 radical (unpaired) electrons. The fraction of sp³-hybridized carbons (Fsp3) is 0.222. The first kappa shape index (κ1) is 11.0. The summed E-state index contributed by atoms with van der Waals surface area (Å²) in [4.78, 5) is 20.3. The van der Waals surface area contributed by atoms with Gasteiger partial charge in [-0.3, -0.25) is 0 Å². The monoisotopic (exact) mass is 232 g/mol. The highest BCUT2D eigenvalue weighted by Gasteiger charge is 2.09. The molecule has 0 aliphatic rings. The van der Waals surface area contributed by atoms with Crippen LogP contribution in [-0.2, 0) is 0 Å². The lowest BCUT2D eigenvalue weighted by Crippen LogP contribution is -2.22. The molecule has 0 atom stereocenters. The van der Waals surface area contributed by atoms with Crippen LogP contribution in [0.15, 0.2) is 4.99 Å². The molecule has 0 unspecified atom stereocenters. The normalized spacial score (nSPS) is 10.5. The van der Waals surface area contributed by atoms with Gasteiger partial charge in [0.1, 0.15) is 0 Å². The summed E-state index contributed by atoms with van der Waals surface area (Å²) in [5.74, 6) is 0.138. The van der Waals surface area contributed by atoms with Gasteiger partial charge in [-0.15, -0.1) is 0 Å². The minimum atomic E-state index is -0.138. The number of nitrogens with two attached hydrogens (primary N) is 3. The highest BCUT2D eigenvalue weighted by molar-refractivity contribution is 5.83. The molecule has 2 aromatic rings. The smallest absolute Gasteiger partial charge is 0.256 e. The Balaban J connectivity index is 2.73. The molecule has 88 valence electrons. The maximum Gasteiger partial charge on any atom is 0.256 e. The summed E-state index contributed by atoms with van der Waals surface area (Å²) >= 11 is 0. The first-order chi connectivity index (χ1) is 7.97. The highest BCUT2D eigenvalue weighted by atomic mass is 15.1. The van der Waals surface area contributed by atoms with E-state index in [0.717, 1.165) is 11.4 Å². The van der Waals surface area contributed by atoms with Gasteiger partial charge in [-0.05, 0) is 13.8 Å². The number of hydrogen-bond acceptors (Lipinski definition) is 6. The van der Waals surface area contributed by atoms with Crippen LogP contribution in [0.25, 0.3) is 11.2 Å². The number of nitrogen functional groups attached to an aromatic ring is 1. The zero-order chi connectivity index (χ0) is 12.6. The van der Waals surface area contributed by atoms with Crippen LogP contribution in [0, 0.1) is 13.8 Å². The number of aryl methyl sites for hydroxylation is 2. The predicted molar refractivity (Wildman–Crippen MR) is 64.5 cm³/mol. The maximum atomic E-state index is 5.75. The van der Waals surface area contributed by atoms with Crippen LogP contribution in [-0.4, -0.2) is 25.9 Å². The van der Waals surface area contributed by atoms with Crippen molar-refractivity contribution in [3.05, 3.63) is 11.4 Å². The van der Waals surface area contributed by atoms with Crippen LogP contribution >= 0.6 is 0 Å². The summed E-state index contributed by atoms with van der Waals surface area (Å²) in [6.45, 7) is 3.67. The molecule has 0 bridgehead atoms. The van der Waals surface area contributed by atoms with E-state index >= 15 is 0 Å². The molecule has 2 rings (SSSR count).